The average molecular weight is 415 g/mol. The predicted octanol–water partition coefficient (Wildman–Crippen LogP) is 3.57. The van der Waals surface area contributed by atoms with Crippen LogP contribution in [0.5, 0.6) is 5.75 Å². The highest BCUT2D eigenvalue weighted by atomic mass is 32.2. The van der Waals surface area contributed by atoms with E-state index in [1.165, 1.54) is 5.56 Å². The van der Waals surface area contributed by atoms with E-state index in [1.807, 2.05) is 24.0 Å². The number of ether oxygens (including phenoxy) is 1. The molecule has 154 valence electrons. The summed E-state index contributed by atoms with van der Waals surface area (Å²) >= 11 is 0. The second kappa shape index (κ2) is 8.06. The molecule has 2 aromatic rings. The van der Waals surface area contributed by atoms with Crippen molar-refractivity contribution in [1.29, 1.82) is 0 Å². The van der Waals surface area contributed by atoms with Crippen LogP contribution in [0.4, 0.5) is 5.69 Å². The molecule has 0 atom stereocenters. The molecule has 2 aromatic carbocycles. The molecule has 0 aromatic heterocycles. The van der Waals surface area contributed by atoms with Crippen LogP contribution in [0.3, 0.4) is 0 Å². The molecule has 6 nitrogen and oxygen atoms in total. The fraction of sp³-hybridized carbons (Fsp3) is 0.409. The summed E-state index contributed by atoms with van der Waals surface area (Å²) in [5.74, 6) is 1.08. The van der Waals surface area contributed by atoms with E-state index in [4.69, 9.17) is 4.74 Å². The van der Waals surface area contributed by atoms with Crippen LogP contribution in [0, 0.1) is 5.92 Å². The van der Waals surface area contributed by atoms with Gasteiger partial charge in [-0.1, -0.05) is 13.0 Å². The van der Waals surface area contributed by atoms with Gasteiger partial charge in [-0.25, -0.2) is 8.42 Å². The van der Waals surface area contributed by atoms with Gasteiger partial charge in [-0.3, -0.25) is 9.52 Å². The Morgan fingerprint density at radius 1 is 1.14 bits per heavy atom. The third-order valence-corrected chi connectivity index (χ3v) is 6.71. The molecule has 7 heteroatoms. The summed E-state index contributed by atoms with van der Waals surface area (Å²) in [6.45, 7) is 3.89. The molecule has 0 unspecified atom stereocenters. The maximum absolute atomic E-state index is 12.7. The van der Waals surface area contributed by atoms with Gasteiger partial charge in [0.1, 0.15) is 5.75 Å². The van der Waals surface area contributed by atoms with E-state index < -0.39 is 10.0 Å². The van der Waals surface area contributed by atoms with Crippen molar-refractivity contribution in [3.05, 3.63) is 53.6 Å². The van der Waals surface area contributed by atoms with Crippen LogP contribution in [-0.2, 0) is 27.8 Å². The molecule has 4 rings (SSSR count). The highest BCUT2D eigenvalue weighted by Crippen LogP contribution is 2.33. The summed E-state index contributed by atoms with van der Waals surface area (Å²) in [7, 11) is -3.70. The van der Waals surface area contributed by atoms with Crippen molar-refractivity contribution in [3.8, 4) is 5.75 Å². The fourth-order valence-electron chi connectivity index (χ4n) is 3.55. The molecule has 0 saturated heterocycles. The lowest BCUT2D eigenvalue weighted by Gasteiger charge is -2.29. The van der Waals surface area contributed by atoms with E-state index in [0.717, 1.165) is 37.8 Å². The SMILES string of the molecule is CCCOc1ccc(S(=O)(=O)Nc2ccc3c(c2)CN(C(=O)C2CC2)CC3)cc1. The van der Waals surface area contributed by atoms with Crippen molar-refractivity contribution in [2.75, 3.05) is 17.9 Å². The van der Waals surface area contributed by atoms with Crippen molar-refractivity contribution in [1.82, 2.24) is 4.90 Å². The molecule has 1 amide bonds. The monoisotopic (exact) mass is 414 g/mol. The maximum Gasteiger partial charge on any atom is 0.261 e. The van der Waals surface area contributed by atoms with Crippen molar-refractivity contribution in [3.63, 3.8) is 0 Å². The Bertz CT molecular complexity index is 998. The van der Waals surface area contributed by atoms with Gasteiger partial charge >= 0.3 is 0 Å². The smallest absolute Gasteiger partial charge is 0.261 e. The van der Waals surface area contributed by atoms with Crippen molar-refractivity contribution in [2.24, 2.45) is 5.92 Å². The number of anilines is 1. The molecule has 1 aliphatic carbocycles. The molecule has 1 heterocycles. The van der Waals surface area contributed by atoms with Crippen LogP contribution < -0.4 is 9.46 Å². The number of benzene rings is 2. The number of hydrogen-bond donors (Lipinski definition) is 1. The van der Waals surface area contributed by atoms with E-state index in [0.29, 0.717) is 24.6 Å². The minimum absolute atomic E-state index is 0.185. The Morgan fingerprint density at radius 3 is 2.59 bits per heavy atom. The molecule has 2 aliphatic rings. The fourth-order valence-corrected chi connectivity index (χ4v) is 4.60. The first-order chi connectivity index (χ1) is 14.0. The lowest BCUT2D eigenvalue weighted by Crippen LogP contribution is -2.36. The summed E-state index contributed by atoms with van der Waals surface area (Å²) in [4.78, 5) is 14.4. The quantitative estimate of drug-likeness (QED) is 0.752. The number of carbonyl (C=O) groups excluding carboxylic acids is 1. The van der Waals surface area contributed by atoms with E-state index in [-0.39, 0.29) is 16.7 Å². The summed E-state index contributed by atoms with van der Waals surface area (Å²) in [5.41, 5.74) is 2.69. The van der Waals surface area contributed by atoms with Gasteiger partial charge in [-0.05, 0) is 73.2 Å². The Labute approximate surface area is 171 Å². The van der Waals surface area contributed by atoms with Gasteiger partial charge in [0.05, 0.1) is 11.5 Å². The number of rotatable bonds is 7. The van der Waals surface area contributed by atoms with Gasteiger partial charge in [-0.15, -0.1) is 0 Å². The first-order valence-corrected chi connectivity index (χ1v) is 11.6. The van der Waals surface area contributed by atoms with Crippen LogP contribution in [0.15, 0.2) is 47.4 Å². The minimum Gasteiger partial charge on any atom is -0.494 e. The van der Waals surface area contributed by atoms with Crippen LogP contribution in [0.2, 0.25) is 0 Å². The van der Waals surface area contributed by atoms with Crippen molar-refractivity contribution in [2.45, 2.75) is 44.0 Å². The molecule has 1 fully saturated rings. The molecular formula is C22H26N2O4S. The lowest BCUT2D eigenvalue weighted by atomic mass is 9.99. The van der Waals surface area contributed by atoms with Gasteiger partial charge in [-0.2, -0.15) is 0 Å². The van der Waals surface area contributed by atoms with E-state index in [2.05, 4.69) is 4.72 Å². The Kier molecular flexibility index (Phi) is 5.50. The molecule has 0 radical (unpaired) electrons. The Balaban J connectivity index is 1.47. The zero-order valence-electron chi connectivity index (χ0n) is 16.6. The second-order valence-corrected chi connectivity index (χ2v) is 9.38. The summed E-state index contributed by atoms with van der Waals surface area (Å²) in [5, 5.41) is 0. The number of hydrogen-bond acceptors (Lipinski definition) is 4. The summed E-state index contributed by atoms with van der Waals surface area (Å²) in [6, 6.07) is 12.0. The lowest BCUT2D eigenvalue weighted by molar-refractivity contribution is -0.133. The highest BCUT2D eigenvalue weighted by Gasteiger charge is 2.34. The highest BCUT2D eigenvalue weighted by molar-refractivity contribution is 7.92. The summed E-state index contributed by atoms with van der Waals surface area (Å²) < 4.78 is 33.7. The van der Waals surface area contributed by atoms with E-state index in [9.17, 15) is 13.2 Å². The molecule has 1 aliphatic heterocycles. The first-order valence-electron chi connectivity index (χ1n) is 10.1. The minimum atomic E-state index is -3.70. The first kappa shape index (κ1) is 19.8. The van der Waals surface area contributed by atoms with E-state index in [1.54, 1.807) is 30.3 Å². The zero-order chi connectivity index (χ0) is 20.4. The molecular weight excluding hydrogens is 388 g/mol. The van der Waals surface area contributed by atoms with Gasteiger partial charge < -0.3 is 9.64 Å². The van der Waals surface area contributed by atoms with Gasteiger partial charge in [0, 0.05) is 24.7 Å². The van der Waals surface area contributed by atoms with Crippen LogP contribution >= 0.6 is 0 Å². The molecule has 0 bridgehead atoms. The summed E-state index contributed by atoms with van der Waals surface area (Å²) in [6.07, 6.45) is 3.68. The maximum atomic E-state index is 12.7. The number of sulfonamides is 1. The predicted molar refractivity (Wildman–Crippen MR) is 111 cm³/mol. The Morgan fingerprint density at radius 2 is 1.90 bits per heavy atom. The average Bonchev–Trinajstić information content (AvgIpc) is 3.56. The van der Waals surface area contributed by atoms with Crippen LogP contribution in [-0.4, -0.2) is 32.4 Å². The zero-order valence-corrected chi connectivity index (χ0v) is 17.4. The Hall–Kier alpha value is -2.54. The van der Waals surface area contributed by atoms with Gasteiger partial charge in [0.25, 0.3) is 10.0 Å². The number of fused-ring (bicyclic) bond motifs is 1. The third kappa shape index (κ3) is 4.56. The van der Waals surface area contributed by atoms with Crippen molar-refractivity contribution < 1.29 is 17.9 Å². The normalized spacial score (nSPS) is 16.2. The van der Waals surface area contributed by atoms with Crippen LogP contribution in [0.25, 0.3) is 0 Å². The van der Waals surface area contributed by atoms with Crippen molar-refractivity contribution >= 4 is 21.6 Å². The van der Waals surface area contributed by atoms with E-state index >= 15 is 0 Å². The number of nitrogens with zero attached hydrogens (tertiary/aromatic N) is 1. The topological polar surface area (TPSA) is 75.7 Å². The number of amides is 1. The van der Waals surface area contributed by atoms with Gasteiger partial charge in [0.2, 0.25) is 5.91 Å². The number of carbonyl (C=O) groups is 1. The van der Waals surface area contributed by atoms with Crippen LogP contribution in [0.1, 0.15) is 37.3 Å². The van der Waals surface area contributed by atoms with Gasteiger partial charge in [0.15, 0.2) is 0 Å². The molecule has 29 heavy (non-hydrogen) atoms. The second-order valence-electron chi connectivity index (χ2n) is 7.69. The number of nitrogens with one attached hydrogen (secondary N) is 1. The third-order valence-electron chi connectivity index (χ3n) is 5.32. The molecule has 1 N–H and O–H groups in total. The standard InChI is InChI=1S/C22H26N2O4S/c1-2-13-28-20-7-9-21(10-8-20)29(26,27)23-19-6-5-16-11-12-24(15-18(16)14-19)22(25)17-3-4-17/h5-10,14,17,23H,2-4,11-13,15H2,1H3. The largest absolute Gasteiger partial charge is 0.494 e. The molecule has 1 saturated carbocycles. The molecule has 0 spiro atoms.